The highest BCUT2D eigenvalue weighted by Crippen LogP contribution is 2.31. The molecule has 33 heavy (non-hydrogen) atoms. The number of hydrogen-bond acceptors (Lipinski definition) is 6. The highest BCUT2D eigenvalue weighted by Gasteiger charge is 2.31. The van der Waals surface area contributed by atoms with Crippen LogP contribution in [0.1, 0.15) is 17.5 Å². The molecule has 1 aliphatic heterocycles. The van der Waals surface area contributed by atoms with Gasteiger partial charge < -0.3 is 14.9 Å². The molecule has 1 aliphatic rings. The normalized spacial score (nSPS) is 14.9. The number of rotatable bonds is 6. The first-order chi connectivity index (χ1) is 15.8. The summed E-state index contributed by atoms with van der Waals surface area (Å²) in [6.45, 7) is 1.89. The molecular weight excluding hydrogens is 453 g/mol. The molecule has 1 atom stereocenters. The summed E-state index contributed by atoms with van der Waals surface area (Å²) >= 11 is 6.05. The number of nitro groups is 1. The molecule has 3 aromatic carbocycles. The van der Waals surface area contributed by atoms with Crippen LogP contribution in [-0.4, -0.2) is 22.6 Å². The zero-order valence-electron chi connectivity index (χ0n) is 17.2. The summed E-state index contributed by atoms with van der Waals surface area (Å²) < 4.78 is 19.9. The van der Waals surface area contributed by atoms with Crippen molar-refractivity contribution in [3.63, 3.8) is 0 Å². The number of anilines is 1. The largest absolute Gasteiger partial charge is 0.457 e. The number of nitrogens with one attached hydrogen (secondary N) is 1. The van der Waals surface area contributed by atoms with E-state index in [9.17, 15) is 19.3 Å². The molecule has 0 fully saturated rings. The topological polar surface area (TPSA) is 103 Å². The minimum atomic E-state index is -1.06. The lowest BCUT2D eigenvalue weighted by Crippen LogP contribution is -2.28. The zero-order valence-corrected chi connectivity index (χ0v) is 18.0. The Morgan fingerprint density at radius 3 is 2.73 bits per heavy atom. The molecule has 0 saturated heterocycles. The Kier molecular flexibility index (Phi) is 6.23. The Morgan fingerprint density at radius 1 is 1.21 bits per heavy atom. The lowest BCUT2D eigenvalue weighted by atomic mass is 10.0. The molecule has 8 nitrogen and oxygen atoms in total. The van der Waals surface area contributed by atoms with Crippen molar-refractivity contribution in [1.29, 1.82) is 0 Å². The SMILES string of the molecule is Cc1cccc(Oc2cc(NC(=O)C3CC(c4c(F)cccc4Cl)=NO3)cc([N+](=O)[O-])c2)c1. The summed E-state index contributed by atoms with van der Waals surface area (Å²) in [4.78, 5) is 28.6. The quantitative estimate of drug-likeness (QED) is 0.373. The number of ether oxygens (including phenoxy) is 1. The Bertz CT molecular complexity index is 1260. The molecule has 0 aliphatic carbocycles. The number of nitrogens with zero attached hydrogens (tertiary/aromatic N) is 2. The maximum absolute atomic E-state index is 14.1. The third kappa shape index (κ3) is 5.09. The number of benzene rings is 3. The predicted molar refractivity (Wildman–Crippen MR) is 120 cm³/mol. The average Bonchev–Trinajstić information content (AvgIpc) is 3.23. The third-order valence-electron chi connectivity index (χ3n) is 4.81. The summed E-state index contributed by atoms with van der Waals surface area (Å²) in [6, 6.07) is 15.3. The Morgan fingerprint density at radius 2 is 2.00 bits per heavy atom. The van der Waals surface area contributed by atoms with Crippen LogP contribution >= 0.6 is 11.6 Å². The lowest BCUT2D eigenvalue weighted by molar-refractivity contribution is -0.384. The molecule has 0 aromatic heterocycles. The number of oxime groups is 1. The van der Waals surface area contributed by atoms with Crippen LogP contribution in [0.2, 0.25) is 5.02 Å². The number of aryl methyl sites for hydroxylation is 1. The molecule has 168 valence electrons. The number of carbonyl (C=O) groups excluding carboxylic acids is 1. The van der Waals surface area contributed by atoms with Gasteiger partial charge in [0.25, 0.3) is 11.6 Å². The van der Waals surface area contributed by atoms with Gasteiger partial charge in [0, 0.05) is 18.6 Å². The first-order valence-corrected chi connectivity index (χ1v) is 10.2. The minimum absolute atomic E-state index is 0.0198. The van der Waals surface area contributed by atoms with Crippen LogP contribution in [0.15, 0.2) is 65.8 Å². The van der Waals surface area contributed by atoms with E-state index in [-0.39, 0.29) is 39.8 Å². The fourth-order valence-electron chi connectivity index (χ4n) is 3.30. The number of carbonyl (C=O) groups is 1. The molecule has 10 heteroatoms. The summed E-state index contributed by atoms with van der Waals surface area (Å²) in [6.07, 6.45) is -1.08. The van der Waals surface area contributed by atoms with Gasteiger partial charge in [-0.25, -0.2) is 4.39 Å². The molecule has 0 saturated carbocycles. The van der Waals surface area contributed by atoms with Crippen molar-refractivity contribution in [1.82, 2.24) is 0 Å². The van der Waals surface area contributed by atoms with Gasteiger partial charge >= 0.3 is 0 Å². The molecule has 1 unspecified atom stereocenters. The van der Waals surface area contributed by atoms with Crippen LogP contribution < -0.4 is 10.1 Å². The zero-order chi connectivity index (χ0) is 23.5. The number of hydrogen-bond donors (Lipinski definition) is 1. The van der Waals surface area contributed by atoms with Crippen molar-refractivity contribution in [2.75, 3.05) is 5.32 Å². The van der Waals surface area contributed by atoms with Gasteiger partial charge in [0.1, 0.15) is 17.3 Å². The molecule has 1 heterocycles. The second kappa shape index (κ2) is 9.25. The summed E-state index contributed by atoms with van der Waals surface area (Å²) in [5.74, 6) is -0.523. The Hall–Kier alpha value is -3.98. The monoisotopic (exact) mass is 469 g/mol. The van der Waals surface area contributed by atoms with Gasteiger partial charge in [0.05, 0.1) is 33.0 Å². The van der Waals surface area contributed by atoms with E-state index in [0.29, 0.717) is 5.75 Å². The maximum atomic E-state index is 14.1. The summed E-state index contributed by atoms with van der Waals surface area (Å²) in [5.41, 5.74) is 1.09. The highest BCUT2D eigenvalue weighted by atomic mass is 35.5. The number of amides is 1. The van der Waals surface area contributed by atoms with E-state index in [1.165, 1.54) is 36.4 Å². The molecule has 1 amide bonds. The van der Waals surface area contributed by atoms with Crippen LogP contribution in [0.3, 0.4) is 0 Å². The second-order valence-corrected chi connectivity index (χ2v) is 7.72. The molecule has 4 rings (SSSR count). The van der Waals surface area contributed by atoms with Gasteiger partial charge in [0.2, 0.25) is 6.10 Å². The first-order valence-electron chi connectivity index (χ1n) is 9.82. The Labute approximate surface area is 192 Å². The van der Waals surface area contributed by atoms with E-state index in [4.69, 9.17) is 21.2 Å². The molecule has 0 spiro atoms. The van der Waals surface area contributed by atoms with Crippen molar-refractivity contribution >= 4 is 34.6 Å². The number of non-ortho nitro benzene ring substituents is 1. The number of halogens is 2. The van der Waals surface area contributed by atoms with Crippen LogP contribution in [0.4, 0.5) is 15.8 Å². The van der Waals surface area contributed by atoms with Crippen molar-refractivity contribution in [2.24, 2.45) is 5.16 Å². The number of nitro benzene ring substituents is 1. The first kappa shape index (κ1) is 22.2. The summed E-state index contributed by atoms with van der Waals surface area (Å²) in [7, 11) is 0. The average molecular weight is 470 g/mol. The van der Waals surface area contributed by atoms with Gasteiger partial charge in [-0.3, -0.25) is 14.9 Å². The molecule has 3 aromatic rings. The molecule has 0 radical (unpaired) electrons. The van der Waals surface area contributed by atoms with Crippen molar-refractivity contribution in [2.45, 2.75) is 19.4 Å². The van der Waals surface area contributed by atoms with Crippen LogP contribution in [0, 0.1) is 22.9 Å². The molecule has 0 bridgehead atoms. The fourth-order valence-corrected chi connectivity index (χ4v) is 3.57. The van der Waals surface area contributed by atoms with Crippen molar-refractivity contribution in [3.8, 4) is 11.5 Å². The van der Waals surface area contributed by atoms with Crippen molar-refractivity contribution in [3.05, 3.63) is 92.7 Å². The van der Waals surface area contributed by atoms with Crippen LogP contribution in [0.5, 0.6) is 11.5 Å². The van der Waals surface area contributed by atoms with E-state index in [1.807, 2.05) is 13.0 Å². The highest BCUT2D eigenvalue weighted by molar-refractivity contribution is 6.34. The Balaban J connectivity index is 1.51. The van der Waals surface area contributed by atoms with Gasteiger partial charge in [-0.05, 0) is 36.8 Å². The van der Waals surface area contributed by atoms with Gasteiger partial charge in [-0.15, -0.1) is 0 Å². The van der Waals surface area contributed by atoms with Crippen molar-refractivity contribution < 1.29 is 23.7 Å². The maximum Gasteiger partial charge on any atom is 0.275 e. The standard InChI is InChI=1S/C23H17ClFN3O5/c1-13-4-2-5-16(8-13)32-17-10-14(9-15(11-17)28(30)31)26-23(29)21-12-20(27-33-21)22-18(24)6-3-7-19(22)25/h2-11,21H,12H2,1H3,(H,26,29). The smallest absolute Gasteiger partial charge is 0.275 e. The minimum Gasteiger partial charge on any atom is -0.457 e. The summed E-state index contributed by atoms with van der Waals surface area (Å²) in [5, 5.41) is 17.9. The van der Waals surface area contributed by atoms with Crippen LogP contribution in [0.25, 0.3) is 0 Å². The van der Waals surface area contributed by atoms with Crippen LogP contribution in [-0.2, 0) is 9.63 Å². The van der Waals surface area contributed by atoms with Gasteiger partial charge in [0.15, 0.2) is 0 Å². The molecular formula is C23H17ClFN3O5. The van der Waals surface area contributed by atoms with E-state index in [1.54, 1.807) is 18.2 Å². The molecule has 1 N–H and O–H groups in total. The third-order valence-corrected chi connectivity index (χ3v) is 5.12. The lowest BCUT2D eigenvalue weighted by Gasteiger charge is -2.12. The van der Waals surface area contributed by atoms with Gasteiger partial charge in [-0.1, -0.05) is 35.0 Å². The predicted octanol–water partition coefficient (Wildman–Crippen LogP) is 5.62. The van der Waals surface area contributed by atoms with E-state index < -0.39 is 22.8 Å². The second-order valence-electron chi connectivity index (χ2n) is 7.31. The van der Waals surface area contributed by atoms with E-state index in [2.05, 4.69) is 10.5 Å². The van der Waals surface area contributed by atoms with E-state index in [0.717, 1.165) is 5.56 Å². The fraction of sp³-hybridized carbons (Fsp3) is 0.130. The van der Waals surface area contributed by atoms with Gasteiger partial charge in [-0.2, -0.15) is 0 Å². The van der Waals surface area contributed by atoms with E-state index >= 15 is 0 Å².